The van der Waals surface area contributed by atoms with Crippen LogP contribution in [-0.2, 0) is 13.6 Å². The first-order valence-corrected chi connectivity index (χ1v) is 9.20. The smallest absolute Gasteiger partial charge is 0.240 e. The van der Waals surface area contributed by atoms with Crippen molar-refractivity contribution < 1.29 is 96.8 Å². The Balaban J connectivity index is 3.63. The van der Waals surface area contributed by atoms with Crippen molar-refractivity contribution in [2.75, 3.05) is 0 Å². The Bertz CT molecular complexity index is 1020. The number of nitrogens with zero attached hydrogens (tertiary/aromatic N) is 2. The van der Waals surface area contributed by atoms with E-state index in [4.69, 9.17) is 0 Å². The van der Waals surface area contributed by atoms with Gasteiger partial charge in [0.05, 0.1) is 20.0 Å². The van der Waals surface area contributed by atoms with Gasteiger partial charge in [-0.25, -0.2) is 9.13 Å². The van der Waals surface area contributed by atoms with Crippen molar-refractivity contribution in [2.24, 2.45) is 7.05 Å². The number of alkyl halides is 21. The number of halogens is 21. The number of hydrogen-bond acceptors (Lipinski definition) is 0. The summed E-state index contributed by atoms with van der Waals surface area (Å²) in [5.41, 5.74) is 0. The summed E-state index contributed by atoms with van der Waals surface area (Å²) in [5, 5.41) is 0. The highest BCUT2D eigenvalue weighted by molar-refractivity contribution is 5.17. The highest BCUT2D eigenvalue weighted by atomic mass is 19.4. The van der Waals surface area contributed by atoms with Crippen molar-refractivity contribution in [3.63, 3.8) is 0 Å². The Hall–Kier alpha value is -2.26. The van der Waals surface area contributed by atoms with Gasteiger partial charge in [-0.05, 0) is 0 Å². The van der Waals surface area contributed by atoms with E-state index in [1.54, 1.807) is 0 Å². The number of rotatable bonds is 11. The highest BCUT2D eigenvalue weighted by Crippen LogP contribution is 2.66. The molecule has 0 aliphatic rings. The molecule has 0 aliphatic carbocycles. The summed E-state index contributed by atoms with van der Waals surface area (Å²) < 4.78 is 281. The normalized spacial score (nSPS) is 16.2. The molecule has 0 unspecified atom stereocenters. The van der Waals surface area contributed by atoms with Gasteiger partial charge in [0.15, 0.2) is 0 Å². The van der Waals surface area contributed by atoms with Gasteiger partial charge in [0, 0.05) is 0 Å². The summed E-state index contributed by atoms with van der Waals surface area (Å²) in [6.45, 7) is -1.51. The molecule has 2 nitrogen and oxygen atoms in total. The van der Waals surface area contributed by atoms with E-state index >= 15 is 0 Å². The van der Waals surface area contributed by atoms with Crippen LogP contribution < -0.4 is 4.57 Å². The first-order valence-electron chi connectivity index (χ1n) is 9.20. The molecule has 1 aromatic rings. The number of imidazole rings is 1. The van der Waals surface area contributed by atoms with E-state index in [0.29, 0.717) is 4.57 Å². The average molecular weight is 629 g/mol. The van der Waals surface area contributed by atoms with Crippen LogP contribution in [0.3, 0.4) is 0 Å². The molecule has 1 heterocycles. The van der Waals surface area contributed by atoms with Gasteiger partial charge in [-0.1, -0.05) is 0 Å². The fraction of sp³-hybridized carbons (Fsp3) is 0.812. The van der Waals surface area contributed by atoms with E-state index in [1.807, 2.05) is 0 Å². The monoisotopic (exact) mass is 629 g/mol. The van der Waals surface area contributed by atoms with Crippen LogP contribution in [0.4, 0.5) is 92.2 Å². The largest absolute Gasteiger partial charge is 0.460 e. The SMILES string of the molecule is C[n+]1ccn(CCC(F)(F)C(F)(F)C(F)(F)C(F)(F)C(F)(F)C(F)(F)C(F)(F)C(F)(F)C(F)(F)C(F)(F)F)c1. The van der Waals surface area contributed by atoms with E-state index in [2.05, 4.69) is 0 Å². The molecule has 0 aromatic carbocycles. The zero-order chi connectivity index (χ0) is 31.7. The van der Waals surface area contributed by atoms with E-state index in [9.17, 15) is 92.2 Å². The predicted molar refractivity (Wildman–Crippen MR) is 80.8 cm³/mol. The van der Waals surface area contributed by atoms with Crippen molar-refractivity contribution in [1.29, 1.82) is 0 Å². The lowest BCUT2D eigenvalue weighted by Crippen LogP contribution is -2.76. The molecule has 0 amide bonds. The molecular weight excluding hydrogens is 619 g/mol. The third-order valence-corrected chi connectivity index (χ3v) is 5.08. The summed E-state index contributed by atoms with van der Waals surface area (Å²) in [5.74, 6) is -76.6. The Labute approximate surface area is 201 Å². The molecule has 0 N–H and O–H groups in total. The molecule has 0 atom stereocenters. The Kier molecular flexibility index (Phi) is 8.14. The molecule has 1 rings (SSSR count). The zero-order valence-corrected chi connectivity index (χ0v) is 18.0. The van der Waals surface area contributed by atoms with Crippen molar-refractivity contribution in [3.05, 3.63) is 18.7 Å². The molecule has 0 spiro atoms. The summed E-state index contributed by atoms with van der Waals surface area (Å²) in [4.78, 5) is 0. The lowest BCUT2D eigenvalue weighted by molar-refractivity contribution is -0.671. The molecular formula is C16H10F21N2+. The van der Waals surface area contributed by atoms with Gasteiger partial charge < -0.3 is 0 Å². The summed E-state index contributed by atoms with van der Waals surface area (Å²) in [6, 6.07) is 0. The van der Waals surface area contributed by atoms with Crippen LogP contribution in [-0.4, -0.2) is 64.0 Å². The first kappa shape index (κ1) is 34.8. The molecule has 39 heavy (non-hydrogen) atoms. The first-order chi connectivity index (χ1) is 16.7. The standard InChI is InChI=1S/C16H10F21N2/c1-38-4-5-39(6-38)3-2-7(17,18)8(19,20)9(21,22)10(23,24)11(25,26)12(27,28)13(29,30)14(31,32)15(33,34)16(35,36)37/h4-6H,2-3H2,1H3/q+1. The van der Waals surface area contributed by atoms with Crippen molar-refractivity contribution >= 4 is 0 Å². The summed E-state index contributed by atoms with van der Waals surface area (Å²) in [7, 11) is 1.17. The maximum atomic E-state index is 13.8. The van der Waals surface area contributed by atoms with Gasteiger partial charge in [0.2, 0.25) is 6.33 Å². The Morgan fingerprint density at radius 3 is 1.08 bits per heavy atom. The molecule has 0 saturated heterocycles. The van der Waals surface area contributed by atoms with Crippen LogP contribution in [0.15, 0.2) is 18.7 Å². The van der Waals surface area contributed by atoms with E-state index in [1.165, 1.54) is 7.05 Å². The molecule has 0 radical (unpaired) electrons. The van der Waals surface area contributed by atoms with Gasteiger partial charge in [0.1, 0.15) is 12.4 Å². The Morgan fingerprint density at radius 2 is 0.795 bits per heavy atom. The maximum Gasteiger partial charge on any atom is 0.460 e. The third kappa shape index (κ3) is 4.63. The summed E-state index contributed by atoms with van der Waals surface area (Å²) >= 11 is 0. The van der Waals surface area contributed by atoms with Crippen LogP contribution in [0, 0.1) is 0 Å². The maximum absolute atomic E-state index is 13.8. The lowest BCUT2D eigenvalue weighted by atomic mass is 9.86. The van der Waals surface area contributed by atoms with E-state index < -0.39 is 72.4 Å². The molecule has 0 aliphatic heterocycles. The van der Waals surface area contributed by atoms with Crippen LogP contribution in [0.1, 0.15) is 6.42 Å². The molecule has 1 aromatic heterocycles. The van der Waals surface area contributed by atoms with E-state index in [-0.39, 0.29) is 0 Å². The second-order valence-corrected chi connectivity index (χ2v) is 7.86. The van der Waals surface area contributed by atoms with Crippen LogP contribution in [0.5, 0.6) is 0 Å². The lowest BCUT2D eigenvalue weighted by Gasteiger charge is -2.44. The highest BCUT2D eigenvalue weighted by Gasteiger charge is 2.97. The van der Waals surface area contributed by atoms with Crippen LogP contribution >= 0.6 is 0 Å². The van der Waals surface area contributed by atoms with Crippen molar-refractivity contribution in [2.45, 2.75) is 72.4 Å². The third-order valence-electron chi connectivity index (χ3n) is 5.08. The van der Waals surface area contributed by atoms with Crippen molar-refractivity contribution in [3.8, 4) is 0 Å². The van der Waals surface area contributed by atoms with Crippen LogP contribution in [0.25, 0.3) is 0 Å². The number of aryl methyl sites for hydroxylation is 2. The molecule has 0 saturated carbocycles. The van der Waals surface area contributed by atoms with Gasteiger partial charge in [-0.15, -0.1) is 0 Å². The van der Waals surface area contributed by atoms with Gasteiger partial charge in [-0.2, -0.15) is 92.2 Å². The Morgan fingerprint density at radius 1 is 0.487 bits per heavy atom. The topological polar surface area (TPSA) is 8.81 Å². The second-order valence-electron chi connectivity index (χ2n) is 7.86. The van der Waals surface area contributed by atoms with E-state index in [0.717, 1.165) is 23.3 Å². The molecule has 0 bridgehead atoms. The summed E-state index contributed by atoms with van der Waals surface area (Å²) in [6.07, 6.45) is -8.12. The fourth-order valence-electron chi connectivity index (χ4n) is 2.65. The van der Waals surface area contributed by atoms with Gasteiger partial charge in [-0.3, -0.25) is 0 Å². The number of hydrogen-bond donors (Lipinski definition) is 0. The predicted octanol–water partition coefficient (Wildman–Crippen LogP) is 6.98. The molecule has 23 heteroatoms. The van der Waals surface area contributed by atoms with Gasteiger partial charge in [0.25, 0.3) is 0 Å². The minimum Gasteiger partial charge on any atom is -0.240 e. The van der Waals surface area contributed by atoms with Crippen molar-refractivity contribution in [1.82, 2.24) is 4.57 Å². The second kappa shape index (κ2) is 9.13. The van der Waals surface area contributed by atoms with Crippen LogP contribution in [0.2, 0.25) is 0 Å². The molecule has 230 valence electrons. The minimum atomic E-state index is -9.16. The number of aromatic nitrogens is 2. The molecule has 0 fully saturated rings. The quantitative estimate of drug-likeness (QED) is 0.185. The average Bonchev–Trinajstić information content (AvgIpc) is 3.15. The van der Waals surface area contributed by atoms with Gasteiger partial charge >= 0.3 is 59.5 Å². The fourth-order valence-corrected chi connectivity index (χ4v) is 2.65. The minimum absolute atomic E-state index is 0.479. The zero-order valence-electron chi connectivity index (χ0n) is 18.0.